The monoisotopic (exact) mass is 418 g/mol. The number of pyridine rings is 1. The number of carbonyl (C=O) groups excluding carboxylic acids is 1. The number of halogens is 1. The van der Waals surface area contributed by atoms with Gasteiger partial charge in [-0.05, 0) is 53.6 Å². The van der Waals surface area contributed by atoms with Gasteiger partial charge in [-0.15, -0.1) is 0 Å². The molecule has 0 spiro atoms. The number of carbonyl (C=O) groups is 1. The molecule has 0 saturated carbocycles. The van der Waals surface area contributed by atoms with Crippen molar-refractivity contribution in [1.82, 2.24) is 19.4 Å². The molecule has 156 valence electrons. The first-order chi connectivity index (χ1) is 14.9. The third-order valence-electron chi connectivity index (χ3n) is 5.05. The number of aryl methyl sites for hydroxylation is 1. The van der Waals surface area contributed by atoms with Crippen molar-refractivity contribution < 1.29 is 9.18 Å². The van der Waals surface area contributed by atoms with Crippen LogP contribution in [0.5, 0.6) is 0 Å². The molecule has 2 heterocycles. The smallest absolute Gasteiger partial charge is 0.331 e. The molecule has 0 aliphatic carbocycles. The number of amides is 1. The Morgan fingerprint density at radius 1 is 1.03 bits per heavy atom. The Labute approximate surface area is 176 Å². The molecule has 0 radical (unpaired) electrons. The Balaban J connectivity index is 1.70. The van der Waals surface area contributed by atoms with Gasteiger partial charge in [0, 0.05) is 31.5 Å². The lowest BCUT2D eigenvalue weighted by atomic mass is 10.1. The summed E-state index contributed by atoms with van der Waals surface area (Å²) in [6.45, 7) is 0.244. The Morgan fingerprint density at radius 3 is 2.55 bits per heavy atom. The second-order valence-electron chi connectivity index (χ2n) is 7.13. The van der Waals surface area contributed by atoms with Crippen molar-refractivity contribution in [3.8, 4) is 0 Å². The molecular formula is C23H19FN4O3. The minimum Gasteiger partial charge on any atom is -0.348 e. The summed E-state index contributed by atoms with van der Waals surface area (Å²) in [5, 5.41) is 3.03. The largest absolute Gasteiger partial charge is 0.348 e. The van der Waals surface area contributed by atoms with Gasteiger partial charge in [0.2, 0.25) is 0 Å². The highest BCUT2D eigenvalue weighted by Gasteiger charge is 2.14. The summed E-state index contributed by atoms with van der Waals surface area (Å²) in [4.78, 5) is 42.3. The maximum Gasteiger partial charge on any atom is 0.331 e. The van der Waals surface area contributed by atoms with E-state index < -0.39 is 17.1 Å². The molecule has 7 nitrogen and oxygen atoms in total. The van der Waals surface area contributed by atoms with Crippen molar-refractivity contribution in [2.45, 2.75) is 13.1 Å². The van der Waals surface area contributed by atoms with E-state index in [1.807, 2.05) is 0 Å². The molecule has 0 aliphatic rings. The van der Waals surface area contributed by atoms with Crippen molar-refractivity contribution in [3.63, 3.8) is 0 Å². The fourth-order valence-electron chi connectivity index (χ4n) is 3.40. The molecule has 0 atom stereocenters. The lowest BCUT2D eigenvalue weighted by Crippen LogP contribution is -2.39. The second kappa shape index (κ2) is 8.35. The van der Waals surface area contributed by atoms with Gasteiger partial charge < -0.3 is 5.32 Å². The highest BCUT2D eigenvalue weighted by Crippen LogP contribution is 2.12. The van der Waals surface area contributed by atoms with E-state index in [2.05, 4.69) is 10.3 Å². The molecule has 0 fully saturated rings. The van der Waals surface area contributed by atoms with Crippen LogP contribution in [-0.4, -0.2) is 20.0 Å². The molecule has 0 saturated heterocycles. The Hall–Kier alpha value is -4.07. The van der Waals surface area contributed by atoms with Crippen molar-refractivity contribution in [2.75, 3.05) is 0 Å². The van der Waals surface area contributed by atoms with E-state index in [9.17, 15) is 18.8 Å². The van der Waals surface area contributed by atoms with Crippen LogP contribution in [0.2, 0.25) is 0 Å². The maximum atomic E-state index is 13.5. The first-order valence-electron chi connectivity index (χ1n) is 9.59. The van der Waals surface area contributed by atoms with Gasteiger partial charge in [0.1, 0.15) is 5.82 Å². The number of fused-ring (bicyclic) bond motifs is 1. The van der Waals surface area contributed by atoms with E-state index in [0.717, 1.165) is 10.1 Å². The zero-order valence-corrected chi connectivity index (χ0v) is 16.7. The van der Waals surface area contributed by atoms with Crippen LogP contribution in [-0.2, 0) is 20.1 Å². The zero-order valence-electron chi connectivity index (χ0n) is 16.7. The number of benzene rings is 2. The fourth-order valence-corrected chi connectivity index (χ4v) is 3.40. The molecule has 31 heavy (non-hydrogen) atoms. The van der Waals surface area contributed by atoms with Crippen LogP contribution >= 0.6 is 0 Å². The molecular weight excluding hydrogens is 399 g/mol. The summed E-state index contributed by atoms with van der Waals surface area (Å²) in [7, 11) is 1.55. The van der Waals surface area contributed by atoms with Gasteiger partial charge in [-0.2, -0.15) is 0 Å². The summed E-state index contributed by atoms with van der Waals surface area (Å²) >= 11 is 0. The predicted octanol–water partition coefficient (Wildman–Crippen LogP) is 2.21. The summed E-state index contributed by atoms with van der Waals surface area (Å²) in [6.07, 6.45) is 3.28. The number of hydrogen-bond donors (Lipinski definition) is 1. The Kier molecular flexibility index (Phi) is 5.44. The summed E-state index contributed by atoms with van der Waals surface area (Å²) < 4.78 is 15.9. The predicted molar refractivity (Wildman–Crippen MR) is 114 cm³/mol. The summed E-state index contributed by atoms with van der Waals surface area (Å²) in [5.74, 6) is -0.792. The van der Waals surface area contributed by atoms with E-state index >= 15 is 0 Å². The van der Waals surface area contributed by atoms with Gasteiger partial charge in [0.25, 0.3) is 11.5 Å². The van der Waals surface area contributed by atoms with Gasteiger partial charge in [0.05, 0.1) is 17.4 Å². The number of nitrogens with one attached hydrogen (secondary N) is 1. The van der Waals surface area contributed by atoms with Crippen molar-refractivity contribution in [2.24, 2.45) is 7.05 Å². The number of aromatic nitrogens is 3. The molecule has 0 bridgehead atoms. The van der Waals surface area contributed by atoms with Crippen molar-refractivity contribution in [3.05, 3.63) is 110 Å². The molecule has 2 aromatic heterocycles. The lowest BCUT2D eigenvalue weighted by Gasteiger charge is -2.12. The Morgan fingerprint density at radius 2 is 1.81 bits per heavy atom. The fraction of sp³-hybridized carbons (Fsp3) is 0.130. The molecule has 0 aliphatic heterocycles. The van der Waals surface area contributed by atoms with E-state index in [0.29, 0.717) is 23.2 Å². The molecule has 1 N–H and O–H groups in total. The van der Waals surface area contributed by atoms with Gasteiger partial charge in [0.15, 0.2) is 0 Å². The number of rotatable bonds is 5. The molecule has 1 amide bonds. The third kappa shape index (κ3) is 4.13. The summed E-state index contributed by atoms with van der Waals surface area (Å²) in [5.41, 5.74) is 1.04. The lowest BCUT2D eigenvalue weighted by molar-refractivity contribution is 0.0951. The number of nitrogens with zero attached hydrogens (tertiary/aromatic N) is 3. The number of hydrogen-bond acceptors (Lipinski definition) is 4. The van der Waals surface area contributed by atoms with Crippen LogP contribution in [0.1, 0.15) is 21.5 Å². The van der Waals surface area contributed by atoms with E-state index in [1.54, 1.807) is 49.8 Å². The third-order valence-corrected chi connectivity index (χ3v) is 5.05. The van der Waals surface area contributed by atoms with Crippen LogP contribution in [0.25, 0.3) is 10.9 Å². The van der Waals surface area contributed by atoms with E-state index in [4.69, 9.17) is 0 Å². The summed E-state index contributed by atoms with van der Waals surface area (Å²) in [6, 6.07) is 13.9. The van der Waals surface area contributed by atoms with Gasteiger partial charge in [-0.3, -0.25) is 23.7 Å². The maximum absolute atomic E-state index is 13.5. The topological polar surface area (TPSA) is 86.0 Å². The highest BCUT2D eigenvalue weighted by molar-refractivity contribution is 5.97. The van der Waals surface area contributed by atoms with E-state index in [-0.39, 0.29) is 17.8 Å². The minimum atomic E-state index is -0.536. The Bertz CT molecular complexity index is 1390. The molecule has 4 aromatic rings. The highest BCUT2D eigenvalue weighted by atomic mass is 19.1. The minimum absolute atomic E-state index is 0.0718. The second-order valence-corrected chi connectivity index (χ2v) is 7.13. The van der Waals surface area contributed by atoms with Crippen LogP contribution in [0.3, 0.4) is 0 Å². The van der Waals surface area contributed by atoms with Crippen molar-refractivity contribution >= 4 is 16.8 Å². The molecule has 2 aromatic carbocycles. The average Bonchev–Trinajstić information content (AvgIpc) is 2.79. The van der Waals surface area contributed by atoms with Crippen LogP contribution in [0.15, 0.2) is 76.6 Å². The average molecular weight is 418 g/mol. The van der Waals surface area contributed by atoms with Crippen LogP contribution in [0, 0.1) is 5.82 Å². The van der Waals surface area contributed by atoms with Crippen LogP contribution in [0.4, 0.5) is 4.39 Å². The standard InChI is InChI=1S/C23H19FN4O3/c1-27-20-6-5-17(21(29)26-13-15-7-9-25-10-8-15)12-19(20)22(30)28(23(27)31)14-16-3-2-4-18(24)11-16/h2-12H,13-14H2,1H3,(H,26,29). The van der Waals surface area contributed by atoms with E-state index in [1.165, 1.54) is 28.8 Å². The molecule has 0 unspecified atom stereocenters. The van der Waals surface area contributed by atoms with Crippen LogP contribution < -0.4 is 16.6 Å². The SMILES string of the molecule is Cn1c(=O)n(Cc2cccc(F)c2)c(=O)c2cc(C(=O)NCc3ccncc3)ccc21. The molecule has 8 heteroatoms. The quantitative estimate of drug-likeness (QED) is 0.539. The first-order valence-corrected chi connectivity index (χ1v) is 9.59. The van der Waals surface area contributed by atoms with Crippen molar-refractivity contribution in [1.29, 1.82) is 0 Å². The van der Waals surface area contributed by atoms with Gasteiger partial charge in [-0.1, -0.05) is 12.1 Å². The first kappa shape index (κ1) is 20.2. The normalized spacial score (nSPS) is 10.9. The van der Waals surface area contributed by atoms with Gasteiger partial charge >= 0.3 is 5.69 Å². The zero-order chi connectivity index (χ0) is 22.0. The molecule has 4 rings (SSSR count). The van der Waals surface area contributed by atoms with Gasteiger partial charge in [-0.25, -0.2) is 9.18 Å².